The van der Waals surface area contributed by atoms with Gasteiger partial charge in [-0.1, -0.05) is 24.3 Å². The number of aliphatic hydroxyl groups excluding tert-OH is 1. The van der Waals surface area contributed by atoms with E-state index < -0.39 is 5.91 Å². The summed E-state index contributed by atoms with van der Waals surface area (Å²) in [6.07, 6.45) is 17.1. The maximum Gasteiger partial charge on any atom is 0.286 e. The van der Waals surface area contributed by atoms with Crippen LogP contribution in [-0.4, -0.2) is 26.5 Å². The second kappa shape index (κ2) is 7.55. The second-order valence-corrected chi connectivity index (χ2v) is 7.54. The van der Waals surface area contributed by atoms with Crippen molar-refractivity contribution in [2.45, 2.75) is 63.5 Å². The molecule has 0 bridgehead atoms. The fourth-order valence-corrected chi connectivity index (χ4v) is 4.29. The zero-order valence-electron chi connectivity index (χ0n) is 15.4. The van der Waals surface area contributed by atoms with Gasteiger partial charge in [0.15, 0.2) is 5.76 Å². The Morgan fingerprint density at radius 2 is 2.07 bits per heavy atom. The Balaban J connectivity index is 1.53. The number of nitrogens with one attached hydrogen (secondary N) is 2. The van der Waals surface area contributed by atoms with Gasteiger partial charge in [0, 0.05) is 22.5 Å². The van der Waals surface area contributed by atoms with E-state index in [1.165, 1.54) is 5.69 Å². The Labute approximate surface area is 159 Å². The van der Waals surface area contributed by atoms with Crippen molar-refractivity contribution < 1.29 is 9.90 Å². The second-order valence-electron chi connectivity index (χ2n) is 7.54. The number of carbonyl (C=O) groups is 1. The standard InChI is InChI=1S/C21H26N4O2/c22-17-10-5-4-9-15(17)20(26)21(27)24-18-11-6-12-19-16(18)13-23-25(19)14-7-2-1-3-8-14/h1-3,7,13-14,18,22,26H,4-6,8-12H2,(H,24,27)/b20-15-,22-17?. The van der Waals surface area contributed by atoms with Crippen LogP contribution in [-0.2, 0) is 11.2 Å². The molecule has 27 heavy (non-hydrogen) atoms. The molecule has 2 atom stereocenters. The van der Waals surface area contributed by atoms with E-state index in [2.05, 4.69) is 33.3 Å². The molecule has 1 aromatic heterocycles. The monoisotopic (exact) mass is 366 g/mol. The van der Waals surface area contributed by atoms with Crippen LogP contribution in [0.25, 0.3) is 0 Å². The van der Waals surface area contributed by atoms with E-state index in [1.54, 1.807) is 0 Å². The first-order valence-corrected chi connectivity index (χ1v) is 9.85. The highest BCUT2D eigenvalue weighted by Crippen LogP contribution is 2.33. The molecule has 6 heteroatoms. The topological polar surface area (TPSA) is 91.0 Å². The lowest BCUT2D eigenvalue weighted by Gasteiger charge is -2.26. The van der Waals surface area contributed by atoms with E-state index in [1.807, 2.05) is 12.3 Å². The number of nitrogens with zero attached hydrogens (tertiary/aromatic N) is 2. The summed E-state index contributed by atoms with van der Waals surface area (Å²) in [5, 5.41) is 26.0. The molecule has 2 unspecified atom stereocenters. The van der Waals surface area contributed by atoms with Crippen molar-refractivity contribution in [2.75, 3.05) is 0 Å². The quantitative estimate of drug-likeness (QED) is 0.561. The number of rotatable bonds is 3. The summed E-state index contributed by atoms with van der Waals surface area (Å²) >= 11 is 0. The van der Waals surface area contributed by atoms with Crippen LogP contribution in [0.4, 0.5) is 0 Å². The summed E-state index contributed by atoms with van der Waals surface area (Å²) < 4.78 is 2.07. The largest absolute Gasteiger partial charge is 0.503 e. The molecule has 0 aliphatic heterocycles. The summed E-state index contributed by atoms with van der Waals surface area (Å²) in [5.41, 5.74) is 3.12. The Kier molecular flexibility index (Phi) is 4.97. The van der Waals surface area contributed by atoms with E-state index in [0.717, 1.165) is 44.1 Å². The number of hydrogen-bond donors (Lipinski definition) is 3. The van der Waals surface area contributed by atoms with Crippen LogP contribution in [0.3, 0.4) is 0 Å². The molecule has 0 saturated heterocycles. The first kappa shape index (κ1) is 17.8. The molecule has 142 valence electrons. The molecule has 6 nitrogen and oxygen atoms in total. The lowest BCUT2D eigenvalue weighted by molar-refractivity contribution is -0.120. The zero-order valence-corrected chi connectivity index (χ0v) is 15.4. The number of amides is 1. The molecule has 1 saturated carbocycles. The number of aromatic nitrogens is 2. The predicted molar refractivity (Wildman–Crippen MR) is 104 cm³/mol. The smallest absolute Gasteiger partial charge is 0.286 e. The van der Waals surface area contributed by atoms with E-state index in [-0.39, 0.29) is 17.8 Å². The Hall–Kier alpha value is -2.63. The van der Waals surface area contributed by atoms with Crippen molar-refractivity contribution in [1.82, 2.24) is 15.1 Å². The van der Waals surface area contributed by atoms with Gasteiger partial charge in [0.2, 0.25) is 0 Å². The molecule has 0 aromatic carbocycles. The van der Waals surface area contributed by atoms with E-state index >= 15 is 0 Å². The highest BCUT2D eigenvalue weighted by molar-refractivity contribution is 6.05. The molecular formula is C21H26N4O2. The predicted octanol–water partition coefficient (Wildman–Crippen LogP) is 3.84. The third kappa shape index (κ3) is 3.48. The van der Waals surface area contributed by atoms with Gasteiger partial charge in [0.25, 0.3) is 5.91 Å². The van der Waals surface area contributed by atoms with Gasteiger partial charge in [-0.25, -0.2) is 0 Å². The van der Waals surface area contributed by atoms with Crippen LogP contribution in [0, 0.1) is 5.41 Å². The molecular weight excluding hydrogens is 340 g/mol. The lowest BCUT2D eigenvalue weighted by Crippen LogP contribution is -2.33. The first-order valence-electron chi connectivity index (χ1n) is 9.85. The Morgan fingerprint density at radius 3 is 2.85 bits per heavy atom. The lowest BCUT2D eigenvalue weighted by atomic mass is 9.90. The van der Waals surface area contributed by atoms with Crippen LogP contribution in [0.2, 0.25) is 0 Å². The van der Waals surface area contributed by atoms with Crippen molar-refractivity contribution in [3.63, 3.8) is 0 Å². The number of aliphatic hydroxyl groups is 1. The first-order chi connectivity index (χ1) is 13.1. The fourth-order valence-electron chi connectivity index (χ4n) is 4.29. The van der Waals surface area contributed by atoms with Gasteiger partial charge < -0.3 is 15.8 Å². The third-order valence-corrected chi connectivity index (χ3v) is 5.76. The SMILES string of the molecule is N=C1CCCC/C1=C(/O)C(=O)NC1CCCc2c1cnn2C1C=CC=CC1. The van der Waals surface area contributed by atoms with Crippen molar-refractivity contribution in [1.29, 1.82) is 5.41 Å². The molecule has 1 amide bonds. The van der Waals surface area contributed by atoms with Crippen molar-refractivity contribution in [3.05, 3.63) is 53.1 Å². The molecule has 0 radical (unpaired) electrons. The molecule has 3 aliphatic carbocycles. The van der Waals surface area contributed by atoms with Gasteiger partial charge >= 0.3 is 0 Å². The highest BCUT2D eigenvalue weighted by atomic mass is 16.3. The molecule has 1 fully saturated rings. The van der Waals surface area contributed by atoms with Crippen LogP contribution < -0.4 is 5.32 Å². The van der Waals surface area contributed by atoms with Gasteiger partial charge in [-0.05, 0) is 51.4 Å². The van der Waals surface area contributed by atoms with Gasteiger partial charge in [-0.2, -0.15) is 5.10 Å². The van der Waals surface area contributed by atoms with Crippen LogP contribution in [0.1, 0.15) is 68.3 Å². The van der Waals surface area contributed by atoms with Gasteiger partial charge in [-0.3, -0.25) is 9.48 Å². The molecule has 4 rings (SSSR count). The third-order valence-electron chi connectivity index (χ3n) is 5.76. The summed E-state index contributed by atoms with van der Waals surface area (Å²) in [4.78, 5) is 12.6. The highest BCUT2D eigenvalue weighted by Gasteiger charge is 2.29. The number of allylic oxidation sites excluding steroid dienone is 5. The summed E-state index contributed by atoms with van der Waals surface area (Å²) in [7, 11) is 0. The van der Waals surface area contributed by atoms with Crippen LogP contribution >= 0.6 is 0 Å². The number of hydrogen-bond acceptors (Lipinski definition) is 4. The summed E-state index contributed by atoms with van der Waals surface area (Å²) in [6, 6.07) is 0.0880. The molecule has 1 aromatic rings. The average Bonchev–Trinajstić information content (AvgIpc) is 3.14. The van der Waals surface area contributed by atoms with E-state index in [0.29, 0.717) is 24.1 Å². The summed E-state index contributed by atoms with van der Waals surface area (Å²) in [6.45, 7) is 0. The number of carbonyl (C=O) groups excluding carboxylic acids is 1. The summed E-state index contributed by atoms with van der Waals surface area (Å²) in [5.74, 6) is -0.748. The molecule has 3 N–H and O–H groups in total. The van der Waals surface area contributed by atoms with Crippen molar-refractivity contribution >= 4 is 11.6 Å². The minimum absolute atomic E-state index is 0.140. The van der Waals surface area contributed by atoms with Crippen molar-refractivity contribution in [2.24, 2.45) is 0 Å². The van der Waals surface area contributed by atoms with Crippen LogP contribution in [0.15, 0.2) is 41.8 Å². The minimum atomic E-state index is -0.470. The van der Waals surface area contributed by atoms with E-state index in [4.69, 9.17) is 5.41 Å². The maximum atomic E-state index is 12.6. The number of fused-ring (bicyclic) bond motifs is 1. The van der Waals surface area contributed by atoms with Crippen LogP contribution in [0.5, 0.6) is 0 Å². The zero-order chi connectivity index (χ0) is 18.8. The average molecular weight is 366 g/mol. The molecule has 3 aliphatic rings. The van der Waals surface area contributed by atoms with Crippen molar-refractivity contribution in [3.8, 4) is 0 Å². The molecule has 0 spiro atoms. The Morgan fingerprint density at radius 1 is 1.22 bits per heavy atom. The minimum Gasteiger partial charge on any atom is -0.503 e. The Bertz CT molecular complexity index is 846. The maximum absolute atomic E-state index is 12.6. The van der Waals surface area contributed by atoms with Gasteiger partial charge in [0.1, 0.15) is 0 Å². The fraction of sp³-hybridized carbons (Fsp3) is 0.476. The van der Waals surface area contributed by atoms with Gasteiger partial charge in [-0.15, -0.1) is 0 Å². The van der Waals surface area contributed by atoms with Gasteiger partial charge in [0.05, 0.1) is 18.3 Å². The normalized spacial score (nSPS) is 26.6. The molecule has 1 heterocycles. The van der Waals surface area contributed by atoms with E-state index in [9.17, 15) is 9.90 Å².